The SMILES string of the molecule is CC1(C)c2ccccc2-c2ccccc21.c1ccc(N(c2ccccc2)c2ccccc2)cc1. The van der Waals surface area contributed by atoms with Gasteiger partial charge in [-0.1, -0.05) is 117 Å². The van der Waals surface area contributed by atoms with Gasteiger partial charge in [0.15, 0.2) is 0 Å². The Bertz CT molecular complexity index is 1210. The summed E-state index contributed by atoms with van der Waals surface area (Å²) in [5.41, 5.74) is 9.36. The molecule has 1 nitrogen and oxygen atoms in total. The molecule has 1 aliphatic rings. The fraction of sp³-hybridized carbons (Fsp3) is 0.0909. The third-order valence-electron chi connectivity index (χ3n) is 6.53. The molecular weight excluding hydrogens is 410 g/mol. The number of fused-ring (bicyclic) bond motifs is 3. The van der Waals surface area contributed by atoms with Gasteiger partial charge in [0.05, 0.1) is 0 Å². The highest BCUT2D eigenvalue weighted by Crippen LogP contribution is 2.48. The summed E-state index contributed by atoms with van der Waals surface area (Å²) in [4.78, 5) is 2.25. The molecule has 0 bridgehead atoms. The maximum atomic E-state index is 2.30. The van der Waals surface area contributed by atoms with Crippen molar-refractivity contribution in [3.8, 4) is 11.1 Å². The number of nitrogens with zero attached hydrogens (tertiary/aromatic N) is 1. The highest BCUT2D eigenvalue weighted by molar-refractivity contribution is 5.80. The predicted molar refractivity (Wildman–Crippen MR) is 145 cm³/mol. The second kappa shape index (κ2) is 9.41. The molecule has 0 atom stereocenters. The molecule has 0 fully saturated rings. The van der Waals surface area contributed by atoms with Gasteiger partial charge < -0.3 is 4.90 Å². The van der Waals surface area contributed by atoms with Gasteiger partial charge >= 0.3 is 0 Å². The van der Waals surface area contributed by atoms with Gasteiger partial charge in [-0.3, -0.25) is 0 Å². The van der Waals surface area contributed by atoms with Crippen molar-refractivity contribution in [2.75, 3.05) is 4.90 Å². The first-order chi connectivity index (χ1) is 16.7. The summed E-state index contributed by atoms with van der Waals surface area (Å²) in [7, 11) is 0. The second-order valence-electron chi connectivity index (χ2n) is 9.06. The molecule has 0 saturated heterocycles. The zero-order valence-electron chi connectivity index (χ0n) is 19.7. The van der Waals surface area contributed by atoms with Crippen LogP contribution in [0.15, 0.2) is 140 Å². The standard InChI is InChI=1S/C18H15N.C15H14/c1-4-10-16(11-5-1)19(17-12-6-2-7-13-17)18-14-8-3-9-15-18;1-15(2)13-9-5-3-7-11(13)12-8-4-6-10-14(12)15/h1-15H;3-10H,1-2H3. The van der Waals surface area contributed by atoms with Gasteiger partial charge in [-0.2, -0.15) is 0 Å². The van der Waals surface area contributed by atoms with E-state index in [1.807, 2.05) is 18.2 Å². The van der Waals surface area contributed by atoms with Gasteiger partial charge in [-0.15, -0.1) is 0 Å². The minimum Gasteiger partial charge on any atom is -0.311 e. The molecule has 5 aromatic carbocycles. The van der Waals surface area contributed by atoms with E-state index in [4.69, 9.17) is 0 Å². The molecule has 0 heterocycles. The molecule has 166 valence electrons. The monoisotopic (exact) mass is 439 g/mol. The number of rotatable bonds is 3. The first-order valence-electron chi connectivity index (χ1n) is 11.8. The van der Waals surface area contributed by atoms with Crippen LogP contribution in [-0.4, -0.2) is 0 Å². The average molecular weight is 440 g/mol. The molecule has 1 aliphatic carbocycles. The summed E-state index contributed by atoms with van der Waals surface area (Å²) >= 11 is 0. The van der Waals surface area contributed by atoms with E-state index in [1.165, 1.54) is 39.3 Å². The van der Waals surface area contributed by atoms with E-state index in [1.54, 1.807) is 0 Å². The Kier molecular flexibility index (Phi) is 6.01. The van der Waals surface area contributed by atoms with Gasteiger partial charge in [0.25, 0.3) is 0 Å². The zero-order valence-corrected chi connectivity index (χ0v) is 19.7. The molecule has 0 unspecified atom stereocenters. The van der Waals surface area contributed by atoms with Crippen LogP contribution in [-0.2, 0) is 5.41 Å². The van der Waals surface area contributed by atoms with Gasteiger partial charge in [0.2, 0.25) is 0 Å². The minimum atomic E-state index is 0.160. The fourth-order valence-corrected chi connectivity index (χ4v) is 4.85. The quantitative estimate of drug-likeness (QED) is 0.271. The number of para-hydroxylation sites is 3. The third kappa shape index (κ3) is 4.13. The number of hydrogen-bond acceptors (Lipinski definition) is 1. The lowest BCUT2D eigenvalue weighted by Gasteiger charge is -2.25. The van der Waals surface area contributed by atoms with E-state index < -0.39 is 0 Å². The maximum absolute atomic E-state index is 2.30. The molecule has 6 rings (SSSR count). The molecule has 1 heteroatoms. The van der Waals surface area contributed by atoms with E-state index in [2.05, 4.69) is 140 Å². The summed E-state index contributed by atoms with van der Waals surface area (Å²) in [5.74, 6) is 0. The highest BCUT2D eigenvalue weighted by Gasteiger charge is 2.34. The average Bonchev–Trinajstić information content (AvgIpc) is 3.14. The van der Waals surface area contributed by atoms with Crippen molar-refractivity contribution in [2.24, 2.45) is 0 Å². The first-order valence-corrected chi connectivity index (χ1v) is 11.8. The minimum absolute atomic E-state index is 0.160. The molecule has 0 aliphatic heterocycles. The number of benzene rings is 5. The molecule has 0 saturated carbocycles. The highest BCUT2D eigenvalue weighted by atomic mass is 15.1. The lowest BCUT2D eigenvalue weighted by atomic mass is 9.82. The van der Waals surface area contributed by atoms with E-state index >= 15 is 0 Å². The topological polar surface area (TPSA) is 3.24 Å². The normalized spacial score (nSPS) is 12.6. The lowest BCUT2D eigenvalue weighted by molar-refractivity contribution is 0.660. The fourth-order valence-electron chi connectivity index (χ4n) is 4.85. The van der Waals surface area contributed by atoms with Crippen LogP contribution < -0.4 is 4.90 Å². The maximum Gasteiger partial charge on any atom is 0.0461 e. The Morgan fingerprint density at radius 3 is 1.03 bits per heavy atom. The largest absolute Gasteiger partial charge is 0.311 e. The Morgan fingerprint density at radius 1 is 0.382 bits per heavy atom. The van der Waals surface area contributed by atoms with Crippen molar-refractivity contribution in [3.63, 3.8) is 0 Å². The van der Waals surface area contributed by atoms with Crippen molar-refractivity contribution in [1.29, 1.82) is 0 Å². The van der Waals surface area contributed by atoms with Gasteiger partial charge in [0, 0.05) is 22.5 Å². The Morgan fingerprint density at radius 2 is 0.676 bits per heavy atom. The van der Waals surface area contributed by atoms with E-state index in [9.17, 15) is 0 Å². The van der Waals surface area contributed by atoms with Gasteiger partial charge in [-0.05, 0) is 58.7 Å². The zero-order chi connectivity index (χ0) is 23.4. The summed E-state index contributed by atoms with van der Waals surface area (Å²) in [6, 6.07) is 48.7. The van der Waals surface area contributed by atoms with E-state index in [-0.39, 0.29) is 5.41 Å². The lowest BCUT2D eigenvalue weighted by Crippen LogP contribution is -2.14. The second-order valence-corrected chi connectivity index (χ2v) is 9.06. The van der Waals surface area contributed by atoms with E-state index in [0.29, 0.717) is 0 Å². The van der Waals surface area contributed by atoms with Crippen LogP contribution >= 0.6 is 0 Å². The summed E-state index contributed by atoms with van der Waals surface area (Å²) in [5, 5.41) is 0. The van der Waals surface area contributed by atoms with Crippen LogP contribution in [0.4, 0.5) is 17.1 Å². The molecule has 0 spiro atoms. The van der Waals surface area contributed by atoms with Crippen molar-refractivity contribution in [1.82, 2.24) is 0 Å². The van der Waals surface area contributed by atoms with Crippen LogP contribution in [0.1, 0.15) is 25.0 Å². The van der Waals surface area contributed by atoms with Crippen molar-refractivity contribution in [3.05, 3.63) is 151 Å². The molecule has 0 N–H and O–H groups in total. The molecular formula is C33H29N. The van der Waals surface area contributed by atoms with Crippen LogP contribution in [0.5, 0.6) is 0 Å². The molecule has 0 amide bonds. The third-order valence-corrected chi connectivity index (χ3v) is 6.53. The number of hydrogen-bond donors (Lipinski definition) is 0. The molecule has 5 aromatic rings. The van der Waals surface area contributed by atoms with Crippen molar-refractivity contribution >= 4 is 17.1 Å². The summed E-state index contributed by atoms with van der Waals surface area (Å²) < 4.78 is 0. The van der Waals surface area contributed by atoms with Crippen LogP contribution in [0.3, 0.4) is 0 Å². The van der Waals surface area contributed by atoms with Crippen molar-refractivity contribution < 1.29 is 0 Å². The molecule has 0 aromatic heterocycles. The molecule has 34 heavy (non-hydrogen) atoms. The number of anilines is 3. The van der Waals surface area contributed by atoms with Crippen LogP contribution in [0.25, 0.3) is 11.1 Å². The smallest absolute Gasteiger partial charge is 0.0461 e. The first kappa shape index (κ1) is 21.7. The molecule has 0 radical (unpaired) electrons. The summed E-state index contributed by atoms with van der Waals surface area (Å²) in [6.45, 7) is 4.61. The van der Waals surface area contributed by atoms with Gasteiger partial charge in [-0.25, -0.2) is 0 Å². The van der Waals surface area contributed by atoms with Crippen LogP contribution in [0, 0.1) is 0 Å². The van der Waals surface area contributed by atoms with Crippen molar-refractivity contribution in [2.45, 2.75) is 19.3 Å². The van der Waals surface area contributed by atoms with Crippen LogP contribution in [0.2, 0.25) is 0 Å². The Labute approximate surface area is 203 Å². The Hall–Kier alpha value is -4.10. The predicted octanol–water partition coefficient (Wildman–Crippen LogP) is 9.15. The summed E-state index contributed by atoms with van der Waals surface area (Å²) in [6.07, 6.45) is 0. The Balaban J connectivity index is 0.000000145. The van der Waals surface area contributed by atoms with E-state index in [0.717, 1.165) is 0 Å². The van der Waals surface area contributed by atoms with Gasteiger partial charge in [0.1, 0.15) is 0 Å².